The number of nitrogens with zero attached hydrogens (tertiary/aromatic N) is 3. The molecule has 0 fully saturated rings. The van der Waals surface area contributed by atoms with Gasteiger partial charge < -0.3 is 5.11 Å². The Bertz CT molecular complexity index is 938. The molecule has 3 rings (SSSR count). The van der Waals surface area contributed by atoms with Crippen molar-refractivity contribution in [3.05, 3.63) is 71.1 Å². The molecule has 0 bridgehead atoms. The van der Waals surface area contributed by atoms with E-state index in [0.29, 0.717) is 12.1 Å². The molecule has 0 radical (unpaired) electrons. The van der Waals surface area contributed by atoms with Crippen LogP contribution in [-0.2, 0) is 13.0 Å². The van der Waals surface area contributed by atoms with Crippen molar-refractivity contribution in [1.29, 1.82) is 0 Å². The molecule has 0 spiro atoms. The molecule has 0 atom stereocenters. The minimum atomic E-state index is -1.10. The van der Waals surface area contributed by atoms with Crippen molar-refractivity contribution < 1.29 is 18.7 Å². The Morgan fingerprint density at radius 3 is 2.68 bits per heavy atom. The SMILES string of the molecule is CCc1cn(Cc2cccc(F)c2F)nc1-c1ncccc1C(=O)O. The zero-order valence-corrected chi connectivity index (χ0v) is 13.4. The van der Waals surface area contributed by atoms with Crippen LogP contribution in [0.5, 0.6) is 0 Å². The number of benzene rings is 1. The van der Waals surface area contributed by atoms with Crippen LogP contribution in [0.1, 0.15) is 28.4 Å². The maximum atomic E-state index is 13.9. The van der Waals surface area contributed by atoms with Gasteiger partial charge in [0, 0.05) is 18.0 Å². The summed E-state index contributed by atoms with van der Waals surface area (Å²) in [6.45, 7) is 1.93. The van der Waals surface area contributed by atoms with E-state index in [1.807, 2.05) is 6.92 Å². The summed E-state index contributed by atoms with van der Waals surface area (Å²) in [6, 6.07) is 6.96. The topological polar surface area (TPSA) is 68.0 Å². The van der Waals surface area contributed by atoms with Gasteiger partial charge in [-0.2, -0.15) is 5.10 Å². The van der Waals surface area contributed by atoms with Crippen LogP contribution in [0, 0.1) is 11.6 Å². The first kappa shape index (κ1) is 16.8. The fraction of sp³-hybridized carbons (Fsp3) is 0.167. The van der Waals surface area contributed by atoms with Gasteiger partial charge in [0.2, 0.25) is 0 Å². The van der Waals surface area contributed by atoms with Gasteiger partial charge in [-0.3, -0.25) is 9.67 Å². The van der Waals surface area contributed by atoms with Crippen molar-refractivity contribution in [1.82, 2.24) is 14.8 Å². The second-order valence-corrected chi connectivity index (χ2v) is 5.47. The molecule has 5 nitrogen and oxygen atoms in total. The van der Waals surface area contributed by atoms with Crippen LogP contribution in [-0.4, -0.2) is 25.8 Å². The van der Waals surface area contributed by atoms with Crippen molar-refractivity contribution in [2.45, 2.75) is 19.9 Å². The lowest BCUT2D eigenvalue weighted by Crippen LogP contribution is -2.05. The molecule has 0 aliphatic heterocycles. The molecule has 2 aromatic heterocycles. The van der Waals surface area contributed by atoms with Crippen LogP contribution in [0.25, 0.3) is 11.4 Å². The quantitative estimate of drug-likeness (QED) is 0.769. The number of hydrogen-bond acceptors (Lipinski definition) is 3. The van der Waals surface area contributed by atoms with Crippen molar-refractivity contribution in [3.8, 4) is 11.4 Å². The smallest absolute Gasteiger partial charge is 0.337 e. The van der Waals surface area contributed by atoms with Crippen LogP contribution >= 0.6 is 0 Å². The molecular formula is C18H15F2N3O2. The summed E-state index contributed by atoms with van der Waals surface area (Å²) in [5, 5.41) is 13.7. The molecule has 1 aromatic carbocycles. The summed E-state index contributed by atoms with van der Waals surface area (Å²) >= 11 is 0. The number of pyridine rings is 1. The van der Waals surface area contributed by atoms with Gasteiger partial charge in [-0.05, 0) is 30.2 Å². The lowest BCUT2D eigenvalue weighted by atomic mass is 10.1. The van der Waals surface area contributed by atoms with Crippen molar-refractivity contribution >= 4 is 5.97 Å². The molecule has 0 amide bonds. The number of carbonyl (C=O) groups is 1. The Labute approximate surface area is 142 Å². The molecule has 0 aliphatic rings. The highest BCUT2D eigenvalue weighted by atomic mass is 19.2. The Balaban J connectivity index is 2.04. The number of carboxylic acid groups (broad SMARTS) is 1. The van der Waals surface area contributed by atoms with Gasteiger partial charge in [-0.25, -0.2) is 13.6 Å². The molecule has 128 valence electrons. The number of aryl methyl sites for hydroxylation is 1. The second-order valence-electron chi connectivity index (χ2n) is 5.47. The molecule has 3 aromatic rings. The van der Waals surface area contributed by atoms with E-state index in [2.05, 4.69) is 10.1 Å². The number of aromatic carboxylic acids is 1. The van der Waals surface area contributed by atoms with E-state index in [1.54, 1.807) is 6.20 Å². The Morgan fingerprint density at radius 1 is 1.16 bits per heavy atom. The summed E-state index contributed by atoms with van der Waals surface area (Å²) in [5.74, 6) is -2.93. The number of aromatic nitrogens is 3. The number of hydrogen-bond donors (Lipinski definition) is 1. The van der Waals surface area contributed by atoms with Gasteiger partial charge in [0.25, 0.3) is 0 Å². The van der Waals surface area contributed by atoms with Gasteiger partial charge in [-0.1, -0.05) is 19.1 Å². The lowest BCUT2D eigenvalue weighted by Gasteiger charge is -2.05. The molecule has 2 heterocycles. The van der Waals surface area contributed by atoms with E-state index in [4.69, 9.17) is 0 Å². The first-order valence-electron chi connectivity index (χ1n) is 7.69. The van der Waals surface area contributed by atoms with Crippen LogP contribution in [0.2, 0.25) is 0 Å². The van der Waals surface area contributed by atoms with Gasteiger partial charge in [0.15, 0.2) is 11.6 Å². The van der Waals surface area contributed by atoms with E-state index in [9.17, 15) is 18.7 Å². The van der Waals surface area contributed by atoms with Crippen molar-refractivity contribution in [2.24, 2.45) is 0 Å². The Hall–Kier alpha value is -3.09. The first-order chi connectivity index (χ1) is 12.0. The highest BCUT2D eigenvalue weighted by molar-refractivity contribution is 5.94. The molecule has 0 saturated heterocycles. The zero-order chi connectivity index (χ0) is 18.0. The number of carboxylic acids is 1. The third kappa shape index (κ3) is 3.26. The first-order valence-corrected chi connectivity index (χ1v) is 7.69. The predicted molar refractivity (Wildman–Crippen MR) is 87.3 cm³/mol. The standard InChI is InChI=1S/C18H15F2N3O2/c1-2-11-9-23(10-12-5-3-7-14(19)15(12)20)22-16(11)17-13(18(24)25)6-4-8-21-17/h3-9H,2,10H2,1H3,(H,24,25). The molecule has 0 saturated carbocycles. The zero-order valence-electron chi connectivity index (χ0n) is 13.4. The number of rotatable bonds is 5. The summed E-state index contributed by atoms with van der Waals surface area (Å²) in [4.78, 5) is 15.5. The highest BCUT2D eigenvalue weighted by Crippen LogP contribution is 2.25. The summed E-state index contributed by atoms with van der Waals surface area (Å²) in [6.07, 6.45) is 3.78. The molecule has 0 unspecified atom stereocenters. The van der Waals surface area contributed by atoms with E-state index in [-0.39, 0.29) is 23.4 Å². The van der Waals surface area contributed by atoms with E-state index in [1.165, 1.54) is 35.1 Å². The van der Waals surface area contributed by atoms with Gasteiger partial charge in [0.05, 0.1) is 12.1 Å². The average molecular weight is 343 g/mol. The highest BCUT2D eigenvalue weighted by Gasteiger charge is 2.19. The van der Waals surface area contributed by atoms with E-state index in [0.717, 1.165) is 11.6 Å². The van der Waals surface area contributed by atoms with Gasteiger partial charge >= 0.3 is 5.97 Å². The van der Waals surface area contributed by atoms with Crippen molar-refractivity contribution in [2.75, 3.05) is 0 Å². The van der Waals surface area contributed by atoms with E-state index < -0.39 is 17.6 Å². The summed E-state index contributed by atoms with van der Waals surface area (Å²) in [5.41, 5.74) is 1.66. The van der Waals surface area contributed by atoms with Gasteiger partial charge in [0.1, 0.15) is 11.4 Å². The Kier molecular flexibility index (Phi) is 4.56. The van der Waals surface area contributed by atoms with Crippen LogP contribution in [0.15, 0.2) is 42.7 Å². The van der Waals surface area contributed by atoms with Crippen LogP contribution in [0.4, 0.5) is 8.78 Å². The van der Waals surface area contributed by atoms with Crippen molar-refractivity contribution in [3.63, 3.8) is 0 Å². The van der Waals surface area contributed by atoms with Crippen LogP contribution < -0.4 is 0 Å². The fourth-order valence-corrected chi connectivity index (χ4v) is 2.61. The van der Waals surface area contributed by atoms with Crippen LogP contribution in [0.3, 0.4) is 0 Å². The lowest BCUT2D eigenvalue weighted by molar-refractivity contribution is 0.0697. The minimum absolute atomic E-state index is 0.0336. The van der Waals surface area contributed by atoms with E-state index >= 15 is 0 Å². The summed E-state index contributed by atoms with van der Waals surface area (Å²) < 4.78 is 28.7. The fourth-order valence-electron chi connectivity index (χ4n) is 2.61. The Morgan fingerprint density at radius 2 is 1.96 bits per heavy atom. The normalized spacial score (nSPS) is 10.8. The molecule has 25 heavy (non-hydrogen) atoms. The second kappa shape index (κ2) is 6.80. The molecule has 0 aliphatic carbocycles. The molecular weight excluding hydrogens is 328 g/mol. The minimum Gasteiger partial charge on any atom is -0.478 e. The maximum absolute atomic E-state index is 13.9. The summed E-state index contributed by atoms with van der Waals surface area (Å²) in [7, 11) is 0. The average Bonchev–Trinajstić information content (AvgIpc) is 3.01. The maximum Gasteiger partial charge on any atom is 0.337 e. The van der Waals surface area contributed by atoms with Gasteiger partial charge in [-0.15, -0.1) is 0 Å². The molecule has 1 N–H and O–H groups in total. The third-order valence-corrected chi connectivity index (χ3v) is 3.84. The largest absolute Gasteiger partial charge is 0.478 e. The monoisotopic (exact) mass is 343 g/mol. The predicted octanol–water partition coefficient (Wildman–Crippen LogP) is 3.53. The number of halogens is 2. The molecule has 7 heteroatoms. The third-order valence-electron chi connectivity index (χ3n) is 3.84.